The number of ether oxygens (including phenoxy) is 6. The zero-order valence-electron chi connectivity index (χ0n) is 31.1. The van der Waals surface area contributed by atoms with E-state index in [9.17, 15) is 28.8 Å². The van der Waals surface area contributed by atoms with Crippen molar-refractivity contribution < 1.29 is 62.3 Å². The van der Waals surface area contributed by atoms with Crippen molar-refractivity contribution in [2.24, 2.45) is 23.7 Å². The summed E-state index contributed by atoms with van der Waals surface area (Å²) in [6, 6.07) is 0. The standard InChI is InChI=1S/C38H60O13/c1-27(20-22-47-34(41)17-14-33(40)13-8-30(4)46-5)6-15-36(43)50-25-31-9-11-32(12-10-31)26-51-37(44)16-7-28(2)21-23-48-35(42)18-19-38(45)49-24-29(3)39/h14,17-19,27-32,39H,6-13,15-16,20-26H2,1-5H3/b17-14+,19-18+. The first-order valence-corrected chi connectivity index (χ1v) is 18.2. The lowest BCUT2D eigenvalue weighted by Crippen LogP contribution is -2.24. The van der Waals surface area contributed by atoms with E-state index in [1.807, 2.05) is 20.8 Å². The Balaban J connectivity index is 2.10. The third-order valence-electron chi connectivity index (χ3n) is 8.75. The number of carbonyl (C=O) groups excluding carboxylic acids is 6. The summed E-state index contributed by atoms with van der Waals surface area (Å²) < 4.78 is 31.1. The van der Waals surface area contributed by atoms with Crippen LogP contribution in [-0.2, 0) is 57.2 Å². The summed E-state index contributed by atoms with van der Waals surface area (Å²) in [7, 11) is 1.58. The average Bonchev–Trinajstić information content (AvgIpc) is 3.11. The first-order valence-electron chi connectivity index (χ1n) is 18.2. The van der Waals surface area contributed by atoms with Gasteiger partial charge in [-0.15, -0.1) is 0 Å². The van der Waals surface area contributed by atoms with Gasteiger partial charge in [-0.1, -0.05) is 13.8 Å². The van der Waals surface area contributed by atoms with E-state index in [-0.39, 0.29) is 73.7 Å². The van der Waals surface area contributed by atoms with Crippen molar-refractivity contribution in [3.63, 3.8) is 0 Å². The van der Waals surface area contributed by atoms with E-state index in [0.717, 1.165) is 43.9 Å². The summed E-state index contributed by atoms with van der Waals surface area (Å²) >= 11 is 0. The van der Waals surface area contributed by atoms with Crippen LogP contribution in [0.3, 0.4) is 0 Å². The van der Waals surface area contributed by atoms with Gasteiger partial charge >= 0.3 is 29.8 Å². The van der Waals surface area contributed by atoms with Gasteiger partial charge < -0.3 is 33.5 Å². The van der Waals surface area contributed by atoms with Crippen LogP contribution in [0.5, 0.6) is 0 Å². The summed E-state index contributed by atoms with van der Waals surface area (Å²) in [6.45, 7) is 8.24. The van der Waals surface area contributed by atoms with Crippen LogP contribution in [0.4, 0.5) is 0 Å². The lowest BCUT2D eigenvalue weighted by Gasteiger charge is -2.28. The predicted octanol–water partition coefficient (Wildman–Crippen LogP) is 5.00. The first kappa shape index (κ1) is 45.4. The normalized spacial score (nSPS) is 18.4. The summed E-state index contributed by atoms with van der Waals surface area (Å²) in [5.74, 6) is -1.77. The molecule has 0 bridgehead atoms. The molecule has 51 heavy (non-hydrogen) atoms. The smallest absolute Gasteiger partial charge is 0.331 e. The fraction of sp³-hybridized carbons (Fsp3) is 0.737. The number of aliphatic hydroxyl groups is 1. The highest BCUT2D eigenvalue weighted by Gasteiger charge is 2.24. The van der Waals surface area contributed by atoms with E-state index in [4.69, 9.17) is 33.5 Å². The van der Waals surface area contributed by atoms with E-state index >= 15 is 0 Å². The molecule has 4 unspecified atom stereocenters. The van der Waals surface area contributed by atoms with Crippen LogP contribution >= 0.6 is 0 Å². The Hall–Kier alpha value is -3.58. The zero-order valence-corrected chi connectivity index (χ0v) is 31.1. The van der Waals surface area contributed by atoms with Crippen LogP contribution in [0.25, 0.3) is 0 Å². The molecule has 1 saturated carbocycles. The Labute approximate surface area is 302 Å². The average molecular weight is 725 g/mol. The molecule has 1 aliphatic rings. The van der Waals surface area contributed by atoms with Gasteiger partial charge in [0.25, 0.3) is 0 Å². The van der Waals surface area contributed by atoms with Crippen LogP contribution in [0, 0.1) is 23.7 Å². The summed E-state index contributed by atoms with van der Waals surface area (Å²) in [5, 5.41) is 9.08. The van der Waals surface area contributed by atoms with E-state index in [1.165, 1.54) is 13.0 Å². The van der Waals surface area contributed by atoms with Crippen molar-refractivity contribution in [1.82, 2.24) is 0 Å². The quantitative estimate of drug-likeness (QED) is 0.0717. The predicted molar refractivity (Wildman–Crippen MR) is 187 cm³/mol. The van der Waals surface area contributed by atoms with Gasteiger partial charge in [-0.2, -0.15) is 0 Å². The molecule has 290 valence electrons. The van der Waals surface area contributed by atoms with Gasteiger partial charge in [-0.05, 0) is 101 Å². The lowest BCUT2D eigenvalue weighted by molar-refractivity contribution is -0.148. The minimum absolute atomic E-state index is 0.0193. The Bertz CT molecular complexity index is 1120. The molecule has 1 rings (SSSR count). The molecule has 13 heteroatoms. The molecule has 0 aromatic heterocycles. The highest BCUT2D eigenvalue weighted by atomic mass is 16.6. The van der Waals surface area contributed by atoms with E-state index in [0.29, 0.717) is 58.2 Å². The second-order valence-electron chi connectivity index (χ2n) is 13.6. The topological polar surface area (TPSA) is 178 Å². The Morgan fingerprint density at radius 2 is 1.02 bits per heavy atom. The van der Waals surface area contributed by atoms with Crippen LogP contribution in [0.15, 0.2) is 24.3 Å². The molecule has 13 nitrogen and oxygen atoms in total. The van der Waals surface area contributed by atoms with Crippen LogP contribution in [-0.4, -0.2) is 93.1 Å². The molecule has 1 fully saturated rings. The van der Waals surface area contributed by atoms with Crippen LogP contribution in [0.1, 0.15) is 105 Å². The molecule has 0 aliphatic heterocycles. The number of allylic oxidation sites excluding steroid dienone is 1. The maximum Gasteiger partial charge on any atom is 0.331 e. The van der Waals surface area contributed by atoms with Gasteiger partial charge in [0.05, 0.1) is 38.6 Å². The number of ketones is 1. The highest BCUT2D eigenvalue weighted by molar-refractivity contribution is 5.95. The second kappa shape index (κ2) is 27.1. The fourth-order valence-electron chi connectivity index (χ4n) is 5.06. The molecule has 0 spiro atoms. The molecule has 0 saturated heterocycles. The number of aliphatic hydroxyl groups excluding tert-OH is 1. The molecule has 1 N–H and O–H groups in total. The Morgan fingerprint density at radius 1 is 0.588 bits per heavy atom. The molecule has 0 aromatic rings. The largest absolute Gasteiger partial charge is 0.465 e. The first-order chi connectivity index (χ1) is 24.3. The molecule has 0 radical (unpaired) electrons. The molecule has 0 amide bonds. The highest BCUT2D eigenvalue weighted by Crippen LogP contribution is 2.29. The minimum atomic E-state index is -0.789. The van der Waals surface area contributed by atoms with Gasteiger partial charge in [0.2, 0.25) is 0 Å². The van der Waals surface area contributed by atoms with Gasteiger partial charge in [0.1, 0.15) is 6.61 Å². The summed E-state index contributed by atoms with van der Waals surface area (Å²) in [5.41, 5.74) is 0. The third kappa shape index (κ3) is 25.1. The SMILES string of the molecule is COC(C)CCC(=O)/C=C/C(=O)OCCC(C)CCC(=O)OCC1CCC(COC(=O)CCC(C)CCOC(=O)/C=C/C(=O)OCC(C)O)CC1. The van der Waals surface area contributed by atoms with Crippen molar-refractivity contribution in [2.45, 2.75) is 117 Å². The third-order valence-corrected chi connectivity index (χ3v) is 8.75. The number of carbonyl (C=O) groups is 6. The summed E-state index contributed by atoms with van der Waals surface area (Å²) in [4.78, 5) is 71.4. The molecule has 0 aromatic carbocycles. The van der Waals surface area contributed by atoms with Crippen LogP contribution in [0.2, 0.25) is 0 Å². The van der Waals surface area contributed by atoms with Gasteiger partial charge in [-0.25, -0.2) is 14.4 Å². The number of hydrogen-bond donors (Lipinski definition) is 1. The summed E-state index contributed by atoms with van der Waals surface area (Å²) in [6.07, 6.45) is 10.9. The van der Waals surface area contributed by atoms with Crippen molar-refractivity contribution in [1.29, 1.82) is 0 Å². The zero-order chi connectivity index (χ0) is 38.0. The molecular weight excluding hydrogens is 664 g/mol. The molecule has 4 atom stereocenters. The lowest BCUT2D eigenvalue weighted by atomic mass is 9.83. The number of hydrogen-bond acceptors (Lipinski definition) is 13. The number of esters is 5. The second-order valence-corrected chi connectivity index (χ2v) is 13.6. The minimum Gasteiger partial charge on any atom is -0.465 e. The van der Waals surface area contributed by atoms with Crippen molar-refractivity contribution in [3.8, 4) is 0 Å². The fourth-order valence-corrected chi connectivity index (χ4v) is 5.06. The monoisotopic (exact) mass is 724 g/mol. The molecular formula is C38H60O13. The molecule has 1 aliphatic carbocycles. The Kier molecular flexibility index (Phi) is 24.2. The van der Waals surface area contributed by atoms with Gasteiger partial charge in [-0.3, -0.25) is 14.4 Å². The van der Waals surface area contributed by atoms with Crippen molar-refractivity contribution in [3.05, 3.63) is 24.3 Å². The van der Waals surface area contributed by atoms with Crippen molar-refractivity contribution in [2.75, 3.05) is 40.1 Å². The number of rotatable bonds is 26. The maximum atomic E-state index is 12.3. The maximum absolute atomic E-state index is 12.3. The van der Waals surface area contributed by atoms with Gasteiger partial charge in [0, 0.05) is 44.6 Å². The Morgan fingerprint density at radius 3 is 1.45 bits per heavy atom. The van der Waals surface area contributed by atoms with E-state index in [1.54, 1.807) is 7.11 Å². The number of methoxy groups -OCH3 is 1. The van der Waals surface area contributed by atoms with Gasteiger partial charge in [0.15, 0.2) is 5.78 Å². The van der Waals surface area contributed by atoms with Crippen LogP contribution < -0.4 is 0 Å². The van der Waals surface area contributed by atoms with Crippen molar-refractivity contribution >= 4 is 35.6 Å². The van der Waals surface area contributed by atoms with E-state index < -0.39 is 24.0 Å². The molecule has 0 heterocycles. The van der Waals surface area contributed by atoms with E-state index in [2.05, 4.69) is 0 Å².